The van der Waals surface area contributed by atoms with Crippen molar-refractivity contribution in [3.05, 3.63) is 29.3 Å². The first-order chi connectivity index (χ1) is 8.16. The summed E-state index contributed by atoms with van der Waals surface area (Å²) in [6.07, 6.45) is 2.29. The highest BCUT2D eigenvalue weighted by Crippen LogP contribution is 2.26. The van der Waals surface area contributed by atoms with E-state index in [1.54, 1.807) is 11.8 Å². The Morgan fingerprint density at radius 3 is 2.47 bits per heavy atom. The van der Waals surface area contributed by atoms with Gasteiger partial charge in [-0.15, -0.1) is 11.8 Å². The number of carbonyl (C=O) groups is 1. The molecular weight excluding hydrogens is 254 g/mol. The number of hydrogen-bond acceptors (Lipinski definition) is 2. The van der Waals surface area contributed by atoms with Crippen molar-refractivity contribution in [3.8, 4) is 0 Å². The van der Waals surface area contributed by atoms with E-state index in [1.807, 2.05) is 36.1 Å². The molecule has 0 aliphatic carbocycles. The van der Waals surface area contributed by atoms with Gasteiger partial charge in [-0.3, -0.25) is 4.79 Å². The van der Waals surface area contributed by atoms with Crippen LogP contribution in [0.2, 0.25) is 5.02 Å². The van der Waals surface area contributed by atoms with Crippen LogP contribution in [0.15, 0.2) is 29.2 Å². The second-order valence-electron chi connectivity index (χ2n) is 4.25. The van der Waals surface area contributed by atoms with Crippen molar-refractivity contribution in [1.29, 1.82) is 0 Å². The van der Waals surface area contributed by atoms with Gasteiger partial charge < -0.3 is 4.90 Å². The monoisotopic (exact) mass is 269 g/mol. The van der Waals surface area contributed by atoms with Gasteiger partial charge in [0.2, 0.25) is 5.91 Å². The predicted molar refractivity (Wildman–Crippen MR) is 72.6 cm³/mol. The van der Waals surface area contributed by atoms with E-state index in [0.29, 0.717) is 0 Å². The van der Waals surface area contributed by atoms with E-state index in [2.05, 4.69) is 0 Å². The first kappa shape index (κ1) is 12.8. The van der Waals surface area contributed by atoms with E-state index in [1.165, 1.54) is 0 Å². The first-order valence-electron chi connectivity index (χ1n) is 5.88. The molecule has 92 valence electrons. The van der Waals surface area contributed by atoms with Gasteiger partial charge in [-0.1, -0.05) is 11.6 Å². The third kappa shape index (κ3) is 3.39. The second-order valence-corrected chi connectivity index (χ2v) is 6.10. The van der Waals surface area contributed by atoms with Crippen molar-refractivity contribution in [2.24, 2.45) is 0 Å². The highest BCUT2D eigenvalue weighted by atomic mass is 35.5. The smallest absolute Gasteiger partial charge is 0.235 e. The molecule has 0 radical (unpaired) electrons. The zero-order chi connectivity index (χ0) is 12.3. The Morgan fingerprint density at radius 1 is 1.29 bits per heavy atom. The number of amides is 1. The van der Waals surface area contributed by atoms with Gasteiger partial charge in [0, 0.05) is 23.0 Å². The van der Waals surface area contributed by atoms with Crippen LogP contribution in [0.5, 0.6) is 0 Å². The SMILES string of the molecule is CC(Sc1ccc(Cl)cc1)C(=O)N1CCCC1. The van der Waals surface area contributed by atoms with Gasteiger partial charge in [0.1, 0.15) is 0 Å². The lowest BCUT2D eigenvalue weighted by Gasteiger charge is -2.19. The molecule has 1 unspecified atom stereocenters. The Morgan fingerprint density at radius 2 is 1.88 bits per heavy atom. The largest absolute Gasteiger partial charge is 0.342 e. The maximum Gasteiger partial charge on any atom is 0.235 e. The highest BCUT2D eigenvalue weighted by molar-refractivity contribution is 8.00. The van der Waals surface area contributed by atoms with Crippen LogP contribution in [0.25, 0.3) is 0 Å². The van der Waals surface area contributed by atoms with Crippen LogP contribution in [-0.4, -0.2) is 29.1 Å². The summed E-state index contributed by atoms with van der Waals surface area (Å²) in [6, 6.07) is 7.63. The van der Waals surface area contributed by atoms with Crippen molar-refractivity contribution in [1.82, 2.24) is 4.90 Å². The van der Waals surface area contributed by atoms with Crippen LogP contribution in [0, 0.1) is 0 Å². The van der Waals surface area contributed by atoms with Gasteiger partial charge in [0.15, 0.2) is 0 Å². The molecule has 1 aromatic rings. The maximum atomic E-state index is 12.1. The molecule has 2 rings (SSSR count). The number of benzene rings is 1. The molecule has 1 aliphatic rings. The lowest BCUT2D eigenvalue weighted by molar-refractivity contribution is -0.129. The second kappa shape index (κ2) is 5.78. The molecule has 1 atom stereocenters. The lowest BCUT2D eigenvalue weighted by atomic mass is 10.4. The molecule has 2 nitrogen and oxygen atoms in total. The van der Waals surface area contributed by atoms with E-state index in [4.69, 9.17) is 11.6 Å². The Hall–Kier alpha value is -0.670. The van der Waals surface area contributed by atoms with Crippen LogP contribution in [0.4, 0.5) is 0 Å². The summed E-state index contributed by atoms with van der Waals surface area (Å²) in [7, 11) is 0. The van der Waals surface area contributed by atoms with Gasteiger partial charge in [-0.25, -0.2) is 0 Å². The van der Waals surface area contributed by atoms with E-state index >= 15 is 0 Å². The van der Waals surface area contributed by atoms with Crippen LogP contribution in [0.3, 0.4) is 0 Å². The maximum absolute atomic E-state index is 12.1. The topological polar surface area (TPSA) is 20.3 Å². The summed E-state index contributed by atoms with van der Waals surface area (Å²) in [5.74, 6) is 0.252. The third-order valence-corrected chi connectivity index (χ3v) is 4.24. The van der Waals surface area contributed by atoms with Gasteiger partial charge in [0.25, 0.3) is 0 Å². The number of likely N-dealkylation sites (tertiary alicyclic amines) is 1. The Balaban J connectivity index is 1.93. The molecule has 1 saturated heterocycles. The number of halogens is 1. The van der Waals surface area contributed by atoms with Gasteiger partial charge in [-0.05, 0) is 44.0 Å². The van der Waals surface area contributed by atoms with Crippen LogP contribution < -0.4 is 0 Å². The Kier molecular flexibility index (Phi) is 4.35. The summed E-state index contributed by atoms with van der Waals surface area (Å²) in [5.41, 5.74) is 0. The molecule has 1 aromatic carbocycles. The fraction of sp³-hybridized carbons (Fsp3) is 0.462. The molecule has 1 heterocycles. The quantitative estimate of drug-likeness (QED) is 0.784. The average Bonchev–Trinajstić information content (AvgIpc) is 2.84. The van der Waals surface area contributed by atoms with Gasteiger partial charge in [0.05, 0.1) is 5.25 Å². The normalized spacial score (nSPS) is 17.2. The molecule has 0 aromatic heterocycles. The van der Waals surface area contributed by atoms with Crippen molar-refractivity contribution in [2.45, 2.75) is 29.9 Å². The number of rotatable bonds is 3. The first-order valence-corrected chi connectivity index (χ1v) is 7.13. The molecule has 1 fully saturated rings. The summed E-state index contributed by atoms with van der Waals surface area (Å²) in [5, 5.41) is 0.710. The molecule has 0 N–H and O–H groups in total. The molecule has 1 aliphatic heterocycles. The van der Waals surface area contributed by atoms with E-state index in [9.17, 15) is 4.79 Å². The van der Waals surface area contributed by atoms with E-state index < -0.39 is 0 Å². The van der Waals surface area contributed by atoms with Crippen LogP contribution >= 0.6 is 23.4 Å². The Labute approximate surface area is 111 Å². The van der Waals surface area contributed by atoms with E-state index in [-0.39, 0.29) is 11.2 Å². The predicted octanol–water partition coefficient (Wildman–Crippen LogP) is 3.44. The minimum Gasteiger partial charge on any atom is -0.342 e. The fourth-order valence-electron chi connectivity index (χ4n) is 1.96. The van der Waals surface area contributed by atoms with Crippen LogP contribution in [0.1, 0.15) is 19.8 Å². The summed E-state index contributed by atoms with van der Waals surface area (Å²) in [4.78, 5) is 15.2. The summed E-state index contributed by atoms with van der Waals surface area (Å²) in [6.45, 7) is 3.81. The van der Waals surface area contributed by atoms with Crippen molar-refractivity contribution in [3.63, 3.8) is 0 Å². The number of nitrogens with zero attached hydrogens (tertiary/aromatic N) is 1. The third-order valence-electron chi connectivity index (χ3n) is 2.89. The molecular formula is C13H16ClNOS. The van der Waals surface area contributed by atoms with Crippen LogP contribution in [-0.2, 0) is 4.79 Å². The number of thioether (sulfide) groups is 1. The minimum atomic E-state index is -0.0192. The molecule has 1 amide bonds. The molecule has 4 heteroatoms. The highest BCUT2D eigenvalue weighted by Gasteiger charge is 2.23. The molecule has 0 saturated carbocycles. The average molecular weight is 270 g/mol. The Bertz CT molecular complexity index is 387. The molecule has 0 bridgehead atoms. The van der Waals surface area contributed by atoms with Crippen molar-refractivity contribution in [2.75, 3.05) is 13.1 Å². The standard InChI is InChI=1S/C13H16ClNOS/c1-10(13(16)15-8-2-3-9-15)17-12-6-4-11(14)5-7-12/h4-7,10H,2-3,8-9H2,1H3. The van der Waals surface area contributed by atoms with Gasteiger partial charge in [-0.2, -0.15) is 0 Å². The minimum absolute atomic E-state index is 0.0192. The van der Waals surface area contributed by atoms with Crippen molar-refractivity contribution >= 4 is 29.3 Å². The summed E-state index contributed by atoms with van der Waals surface area (Å²) >= 11 is 7.43. The van der Waals surface area contributed by atoms with Gasteiger partial charge >= 0.3 is 0 Å². The van der Waals surface area contributed by atoms with E-state index in [0.717, 1.165) is 35.8 Å². The fourth-order valence-corrected chi connectivity index (χ4v) is 3.04. The van der Waals surface area contributed by atoms with Crippen molar-refractivity contribution < 1.29 is 4.79 Å². The molecule has 0 spiro atoms. The summed E-state index contributed by atoms with van der Waals surface area (Å²) < 4.78 is 0. The zero-order valence-corrected chi connectivity index (χ0v) is 11.4. The zero-order valence-electron chi connectivity index (χ0n) is 9.86. The lowest BCUT2D eigenvalue weighted by Crippen LogP contribution is -2.33. The number of carbonyl (C=O) groups excluding carboxylic acids is 1. The number of hydrogen-bond donors (Lipinski definition) is 0. The molecule has 17 heavy (non-hydrogen) atoms.